The maximum absolute atomic E-state index is 6.04. The number of hydrogen-bond acceptors (Lipinski definition) is 6. The topological polar surface area (TPSA) is 69.8 Å². The minimum Gasteiger partial charge on any atom is -0.357 e. The van der Waals surface area contributed by atoms with Gasteiger partial charge in [0.2, 0.25) is 5.89 Å². The van der Waals surface area contributed by atoms with E-state index in [0.29, 0.717) is 18.9 Å². The summed E-state index contributed by atoms with van der Waals surface area (Å²) in [5.74, 6) is 2.65. The highest BCUT2D eigenvalue weighted by Gasteiger charge is 2.20. The number of piperazine rings is 1. The van der Waals surface area contributed by atoms with Crippen LogP contribution in [0.1, 0.15) is 43.3 Å². The second-order valence-electron chi connectivity index (χ2n) is 7.16. The fourth-order valence-electron chi connectivity index (χ4n) is 3.06. The van der Waals surface area contributed by atoms with Crippen molar-refractivity contribution >= 4 is 28.9 Å². The average Bonchev–Trinajstić information content (AvgIpc) is 3.31. The van der Waals surface area contributed by atoms with E-state index in [1.165, 1.54) is 4.88 Å². The highest BCUT2D eigenvalue weighted by molar-refractivity contribution is 7.16. The molecule has 0 aliphatic carbocycles. The number of halogens is 1. The molecule has 154 valence electrons. The number of aromatic nitrogens is 2. The molecule has 0 aromatic carbocycles. The summed E-state index contributed by atoms with van der Waals surface area (Å²) in [5.41, 5.74) is 0. The van der Waals surface area contributed by atoms with E-state index in [2.05, 4.69) is 52.1 Å². The molecule has 3 rings (SSSR count). The van der Waals surface area contributed by atoms with Crippen molar-refractivity contribution in [3.8, 4) is 0 Å². The molecule has 1 fully saturated rings. The van der Waals surface area contributed by atoms with Crippen LogP contribution in [0, 0.1) is 0 Å². The Morgan fingerprint density at radius 1 is 1.32 bits per heavy atom. The predicted octanol–water partition coefficient (Wildman–Crippen LogP) is 3.23. The van der Waals surface area contributed by atoms with E-state index in [4.69, 9.17) is 21.1 Å². The molecular weight excluding hydrogens is 396 g/mol. The quantitative estimate of drug-likeness (QED) is 0.543. The molecule has 2 aromatic heterocycles. The molecule has 2 aromatic rings. The van der Waals surface area contributed by atoms with Crippen molar-refractivity contribution in [1.29, 1.82) is 0 Å². The monoisotopic (exact) mass is 424 g/mol. The van der Waals surface area contributed by atoms with Gasteiger partial charge in [0.05, 0.1) is 10.9 Å². The Kier molecular flexibility index (Phi) is 7.70. The summed E-state index contributed by atoms with van der Waals surface area (Å²) in [4.78, 5) is 15.3. The highest BCUT2D eigenvalue weighted by Crippen LogP contribution is 2.23. The molecule has 1 aliphatic rings. The molecule has 1 N–H and O–H groups in total. The number of rotatable bonds is 7. The van der Waals surface area contributed by atoms with Crippen LogP contribution in [-0.4, -0.2) is 65.2 Å². The lowest BCUT2D eigenvalue weighted by Gasteiger charge is -2.36. The van der Waals surface area contributed by atoms with Gasteiger partial charge >= 0.3 is 0 Å². The summed E-state index contributed by atoms with van der Waals surface area (Å²) in [5, 5.41) is 7.42. The Morgan fingerprint density at radius 3 is 2.71 bits per heavy atom. The number of guanidine groups is 1. The molecule has 0 bridgehead atoms. The summed E-state index contributed by atoms with van der Waals surface area (Å²) in [7, 11) is 0. The first kappa shape index (κ1) is 21.1. The first-order chi connectivity index (χ1) is 13.5. The normalized spacial score (nSPS) is 16.2. The Hall–Kier alpha value is -1.64. The van der Waals surface area contributed by atoms with Crippen molar-refractivity contribution in [2.45, 2.75) is 39.7 Å². The van der Waals surface area contributed by atoms with Crippen LogP contribution in [0.15, 0.2) is 21.6 Å². The minimum atomic E-state index is 0.278. The second-order valence-corrected chi connectivity index (χ2v) is 8.96. The molecule has 0 atom stereocenters. The van der Waals surface area contributed by atoms with E-state index in [1.54, 1.807) is 11.3 Å². The molecule has 1 saturated heterocycles. The lowest BCUT2D eigenvalue weighted by Crippen LogP contribution is -2.52. The maximum Gasteiger partial charge on any atom is 0.228 e. The van der Waals surface area contributed by atoms with Gasteiger partial charge in [-0.1, -0.05) is 30.6 Å². The minimum absolute atomic E-state index is 0.278. The number of aliphatic imine (C=N–C) groups is 1. The lowest BCUT2D eigenvalue weighted by molar-refractivity contribution is 0.173. The summed E-state index contributed by atoms with van der Waals surface area (Å²) in [6.07, 6.45) is 0.660. The van der Waals surface area contributed by atoms with Crippen molar-refractivity contribution in [3.63, 3.8) is 0 Å². The van der Waals surface area contributed by atoms with Gasteiger partial charge in [-0.2, -0.15) is 4.98 Å². The van der Waals surface area contributed by atoms with Crippen LogP contribution in [-0.2, 0) is 13.0 Å². The molecule has 7 nitrogen and oxygen atoms in total. The third kappa shape index (κ3) is 5.93. The third-order valence-corrected chi connectivity index (χ3v) is 5.82. The Labute approximate surface area is 175 Å². The van der Waals surface area contributed by atoms with Gasteiger partial charge in [0.25, 0.3) is 0 Å². The summed E-state index contributed by atoms with van der Waals surface area (Å²) in [6, 6.07) is 4.09. The molecule has 0 amide bonds. The van der Waals surface area contributed by atoms with Crippen molar-refractivity contribution in [2.24, 2.45) is 4.99 Å². The Morgan fingerprint density at radius 2 is 2.11 bits per heavy atom. The largest absolute Gasteiger partial charge is 0.357 e. The van der Waals surface area contributed by atoms with Gasteiger partial charge in [0.15, 0.2) is 11.8 Å². The second kappa shape index (κ2) is 10.2. The number of hydrogen-bond donors (Lipinski definition) is 1. The molecule has 0 radical (unpaired) electrons. The van der Waals surface area contributed by atoms with Gasteiger partial charge in [-0.15, -0.1) is 11.3 Å². The zero-order valence-electron chi connectivity index (χ0n) is 16.8. The SMILES string of the molecule is CCNC(=NCCc1nc(C(C)C)no1)N1CCN(Cc2ccc(Cl)s2)CC1. The number of nitrogens with one attached hydrogen (secondary N) is 1. The fraction of sp³-hybridized carbons (Fsp3) is 0.632. The zero-order chi connectivity index (χ0) is 19.9. The average molecular weight is 425 g/mol. The molecule has 0 saturated carbocycles. The smallest absolute Gasteiger partial charge is 0.228 e. The van der Waals surface area contributed by atoms with E-state index in [-0.39, 0.29) is 5.92 Å². The molecular formula is C19H29ClN6OS. The first-order valence-electron chi connectivity index (χ1n) is 9.87. The van der Waals surface area contributed by atoms with E-state index in [0.717, 1.165) is 55.4 Å². The molecule has 0 spiro atoms. The molecule has 1 aliphatic heterocycles. The summed E-state index contributed by atoms with van der Waals surface area (Å²) in [6.45, 7) is 12.6. The van der Waals surface area contributed by atoms with E-state index >= 15 is 0 Å². The van der Waals surface area contributed by atoms with Crippen molar-refractivity contribution in [1.82, 2.24) is 25.3 Å². The first-order valence-corrected chi connectivity index (χ1v) is 11.1. The molecule has 0 unspecified atom stereocenters. The van der Waals surface area contributed by atoms with Gasteiger partial charge in [0, 0.05) is 56.5 Å². The predicted molar refractivity (Wildman–Crippen MR) is 114 cm³/mol. The van der Waals surface area contributed by atoms with Gasteiger partial charge in [-0.3, -0.25) is 9.89 Å². The van der Waals surface area contributed by atoms with Crippen molar-refractivity contribution in [3.05, 3.63) is 33.1 Å². The number of nitrogens with zero attached hydrogens (tertiary/aromatic N) is 5. The van der Waals surface area contributed by atoms with Crippen LogP contribution in [0.3, 0.4) is 0 Å². The molecule has 28 heavy (non-hydrogen) atoms. The van der Waals surface area contributed by atoms with Gasteiger partial charge in [-0.25, -0.2) is 0 Å². The third-order valence-electron chi connectivity index (χ3n) is 4.60. The van der Waals surface area contributed by atoms with Crippen LogP contribution in [0.25, 0.3) is 0 Å². The van der Waals surface area contributed by atoms with Crippen LogP contribution >= 0.6 is 22.9 Å². The van der Waals surface area contributed by atoms with Crippen molar-refractivity contribution in [2.75, 3.05) is 39.3 Å². The Balaban J connectivity index is 1.49. The summed E-state index contributed by atoms with van der Waals surface area (Å²) >= 11 is 7.70. The van der Waals surface area contributed by atoms with E-state index in [9.17, 15) is 0 Å². The van der Waals surface area contributed by atoms with Gasteiger partial charge in [0.1, 0.15) is 0 Å². The lowest BCUT2D eigenvalue weighted by atomic mass is 10.2. The van der Waals surface area contributed by atoms with Gasteiger partial charge < -0.3 is 14.7 Å². The number of thiophene rings is 1. The van der Waals surface area contributed by atoms with Crippen LogP contribution < -0.4 is 5.32 Å². The van der Waals surface area contributed by atoms with Crippen molar-refractivity contribution < 1.29 is 4.52 Å². The highest BCUT2D eigenvalue weighted by atomic mass is 35.5. The fourth-order valence-corrected chi connectivity index (χ4v) is 4.19. The zero-order valence-corrected chi connectivity index (χ0v) is 18.4. The van der Waals surface area contributed by atoms with Gasteiger partial charge in [-0.05, 0) is 19.1 Å². The maximum atomic E-state index is 6.04. The molecule has 3 heterocycles. The van der Waals surface area contributed by atoms with E-state index in [1.807, 2.05) is 6.07 Å². The van der Waals surface area contributed by atoms with Crippen LogP contribution in [0.2, 0.25) is 4.34 Å². The van der Waals surface area contributed by atoms with Crippen LogP contribution in [0.5, 0.6) is 0 Å². The Bertz CT molecular complexity index is 766. The van der Waals surface area contributed by atoms with Crippen LogP contribution in [0.4, 0.5) is 0 Å². The summed E-state index contributed by atoms with van der Waals surface area (Å²) < 4.78 is 6.16. The molecule has 9 heteroatoms. The standard InChI is InChI=1S/C19H29ClN6OS/c1-4-21-19(22-8-7-17-23-18(14(2)3)24-27-17)26-11-9-25(10-12-26)13-15-5-6-16(20)28-15/h5-6,14H,4,7-13H2,1-3H3,(H,21,22). The van der Waals surface area contributed by atoms with E-state index < -0.39 is 0 Å².